The minimum Gasteiger partial charge on any atom is -0.507 e. The number of carbonyl (C=O) groups excluding carboxylic acids is 1. The largest absolute Gasteiger partial charge is 0.507 e. The van der Waals surface area contributed by atoms with Crippen LogP contribution in [0.4, 0.5) is 13.2 Å². The Morgan fingerprint density at radius 1 is 1.00 bits per heavy atom. The lowest BCUT2D eigenvalue weighted by Crippen LogP contribution is -2.10. The molecule has 1 atom stereocenters. The molecule has 158 valence electrons. The van der Waals surface area contributed by atoms with Crippen LogP contribution in [0.3, 0.4) is 0 Å². The van der Waals surface area contributed by atoms with Crippen molar-refractivity contribution in [3.8, 4) is 17.2 Å². The molecule has 0 bridgehead atoms. The van der Waals surface area contributed by atoms with Crippen molar-refractivity contribution in [3.63, 3.8) is 0 Å². The van der Waals surface area contributed by atoms with Crippen LogP contribution in [-0.2, 0) is 11.2 Å². The SMILES string of the molecule is CC(=O)C(C)Cc1ccc(OCCCCOc2ccc(F)c(F)c2F)c(C)c1O. The number of hydrogen-bond acceptors (Lipinski definition) is 4. The van der Waals surface area contributed by atoms with Gasteiger partial charge < -0.3 is 14.6 Å². The van der Waals surface area contributed by atoms with Crippen molar-refractivity contribution in [3.05, 3.63) is 52.8 Å². The van der Waals surface area contributed by atoms with Crippen LogP contribution in [0.25, 0.3) is 0 Å². The number of carbonyl (C=O) groups is 1. The van der Waals surface area contributed by atoms with Gasteiger partial charge in [0.05, 0.1) is 13.2 Å². The quantitative estimate of drug-likeness (QED) is 0.436. The lowest BCUT2D eigenvalue weighted by molar-refractivity contribution is -0.120. The number of benzene rings is 2. The van der Waals surface area contributed by atoms with Gasteiger partial charge in [0.2, 0.25) is 5.82 Å². The fourth-order valence-electron chi connectivity index (χ4n) is 2.72. The van der Waals surface area contributed by atoms with E-state index in [4.69, 9.17) is 9.47 Å². The normalized spacial score (nSPS) is 11.9. The maximum Gasteiger partial charge on any atom is 0.203 e. The maximum absolute atomic E-state index is 13.5. The minimum absolute atomic E-state index is 0.0628. The highest BCUT2D eigenvalue weighted by Crippen LogP contribution is 2.32. The number of aromatic hydroxyl groups is 1. The predicted octanol–water partition coefficient (Wildman–Crippen LogP) is 5.12. The highest BCUT2D eigenvalue weighted by Gasteiger charge is 2.16. The van der Waals surface area contributed by atoms with Crippen molar-refractivity contribution >= 4 is 5.78 Å². The highest BCUT2D eigenvalue weighted by molar-refractivity contribution is 5.78. The van der Waals surface area contributed by atoms with E-state index in [1.54, 1.807) is 19.1 Å². The zero-order valence-corrected chi connectivity index (χ0v) is 16.7. The van der Waals surface area contributed by atoms with Crippen molar-refractivity contribution in [2.75, 3.05) is 13.2 Å². The molecule has 0 radical (unpaired) electrons. The fourth-order valence-corrected chi connectivity index (χ4v) is 2.72. The van der Waals surface area contributed by atoms with Gasteiger partial charge in [0.25, 0.3) is 0 Å². The average Bonchev–Trinajstić information content (AvgIpc) is 2.69. The molecule has 0 amide bonds. The van der Waals surface area contributed by atoms with Crippen LogP contribution < -0.4 is 9.47 Å². The third-order valence-corrected chi connectivity index (χ3v) is 4.74. The van der Waals surface area contributed by atoms with E-state index in [1.807, 2.05) is 6.92 Å². The smallest absolute Gasteiger partial charge is 0.203 e. The molecule has 0 saturated carbocycles. The lowest BCUT2D eigenvalue weighted by Gasteiger charge is -2.15. The van der Waals surface area contributed by atoms with Gasteiger partial charge in [0.1, 0.15) is 17.3 Å². The summed E-state index contributed by atoms with van der Waals surface area (Å²) in [5, 5.41) is 10.3. The molecule has 7 heteroatoms. The standard InChI is InChI=1S/C22H25F3O4/c1-13(15(3)26)12-16-6-8-18(14(2)22(16)27)28-10-4-5-11-29-19-9-7-17(23)20(24)21(19)25/h6-9,13,27H,4-5,10-12H2,1-3H3. The van der Waals surface area contributed by atoms with E-state index < -0.39 is 17.5 Å². The molecule has 0 aliphatic carbocycles. The van der Waals surface area contributed by atoms with Crippen LogP contribution in [-0.4, -0.2) is 24.1 Å². The summed E-state index contributed by atoms with van der Waals surface area (Å²) in [4.78, 5) is 11.4. The fraction of sp³-hybridized carbons (Fsp3) is 0.409. The number of hydrogen-bond donors (Lipinski definition) is 1. The molecular weight excluding hydrogens is 385 g/mol. The number of halogens is 3. The lowest BCUT2D eigenvalue weighted by atomic mass is 9.95. The van der Waals surface area contributed by atoms with Gasteiger partial charge in [-0.2, -0.15) is 4.39 Å². The molecule has 0 saturated heterocycles. The van der Waals surface area contributed by atoms with Gasteiger partial charge in [0, 0.05) is 11.5 Å². The Morgan fingerprint density at radius 3 is 2.21 bits per heavy atom. The second kappa shape index (κ2) is 10.2. The van der Waals surface area contributed by atoms with Crippen molar-refractivity contribution in [1.82, 2.24) is 0 Å². The Balaban J connectivity index is 1.80. The van der Waals surface area contributed by atoms with Crippen molar-refractivity contribution in [2.45, 2.75) is 40.0 Å². The van der Waals surface area contributed by atoms with Crippen molar-refractivity contribution < 1.29 is 32.5 Å². The molecule has 1 N–H and O–H groups in total. The van der Waals surface area contributed by atoms with Gasteiger partial charge in [-0.15, -0.1) is 0 Å². The molecule has 2 rings (SSSR count). The number of phenolic OH excluding ortho intramolecular Hbond substituents is 1. The molecule has 0 aliphatic rings. The monoisotopic (exact) mass is 410 g/mol. The van der Waals surface area contributed by atoms with E-state index in [-0.39, 0.29) is 29.8 Å². The number of ether oxygens (including phenoxy) is 2. The van der Waals surface area contributed by atoms with Crippen LogP contribution in [0.15, 0.2) is 24.3 Å². The van der Waals surface area contributed by atoms with Gasteiger partial charge in [-0.1, -0.05) is 13.0 Å². The molecule has 0 heterocycles. The number of phenols is 1. The Morgan fingerprint density at radius 2 is 1.59 bits per heavy atom. The number of ketones is 1. The molecule has 29 heavy (non-hydrogen) atoms. The molecule has 2 aromatic rings. The molecular formula is C22H25F3O4. The van der Waals surface area contributed by atoms with E-state index in [0.717, 1.165) is 12.1 Å². The number of Topliss-reactive ketones (excluding diaryl/α,β-unsaturated/α-hetero) is 1. The van der Waals surface area contributed by atoms with E-state index in [9.17, 15) is 23.1 Å². The maximum atomic E-state index is 13.5. The Kier molecular flexibility index (Phi) is 7.93. The van der Waals surface area contributed by atoms with Gasteiger partial charge >= 0.3 is 0 Å². The van der Waals surface area contributed by atoms with E-state index in [1.165, 1.54) is 6.92 Å². The molecule has 1 unspecified atom stereocenters. The first kappa shape index (κ1) is 22.6. The van der Waals surface area contributed by atoms with Crippen LogP contribution >= 0.6 is 0 Å². The summed E-state index contributed by atoms with van der Waals surface area (Å²) >= 11 is 0. The predicted molar refractivity (Wildman–Crippen MR) is 103 cm³/mol. The number of unbranched alkanes of at least 4 members (excludes halogenated alkanes) is 1. The van der Waals surface area contributed by atoms with Crippen LogP contribution in [0.2, 0.25) is 0 Å². The topological polar surface area (TPSA) is 55.8 Å². The third kappa shape index (κ3) is 5.89. The Bertz CT molecular complexity index is 868. The summed E-state index contributed by atoms with van der Waals surface area (Å²) < 4.78 is 50.3. The summed E-state index contributed by atoms with van der Waals surface area (Å²) in [5.74, 6) is -3.94. The van der Waals surface area contributed by atoms with Crippen molar-refractivity contribution in [2.24, 2.45) is 5.92 Å². The molecule has 0 aromatic heterocycles. The molecule has 2 aromatic carbocycles. The van der Waals surface area contributed by atoms with Gasteiger partial charge in [0.15, 0.2) is 17.4 Å². The molecule has 0 fully saturated rings. The molecule has 4 nitrogen and oxygen atoms in total. The average molecular weight is 410 g/mol. The summed E-state index contributed by atoms with van der Waals surface area (Å²) in [6.45, 7) is 5.54. The molecule has 0 spiro atoms. The first-order valence-corrected chi connectivity index (χ1v) is 9.43. The van der Waals surface area contributed by atoms with Gasteiger partial charge in [-0.05, 0) is 56.9 Å². The van der Waals surface area contributed by atoms with Crippen LogP contribution in [0.5, 0.6) is 17.2 Å². The van der Waals surface area contributed by atoms with Crippen LogP contribution in [0.1, 0.15) is 37.8 Å². The van der Waals surface area contributed by atoms with E-state index >= 15 is 0 Å². The van der Waals surface area contributed by atoms with Gasteiger partial charge in [-0.25, -0.2) is 8.78 Å². The minimum atomic E-state index is -1.55. The first-order chi connectivity index (χ1) is 13.7. The zero-order valence-electron chi connectivity index (χ0n) is 16.7. The second-order valence-corrected chi connectivity index (χ2v) is 6.99. The zero-order chi connectivity index (χ0) is 21.6. The van der Waals surface area contributed by atoms with Crippen LogP contribution in [0, 0.1) is 30.3 Å². The second-order valence-electron chi connectivity index (χ2n) is 6.99. The third-order valence-electron chi connectivity index (χ3n) is 4.74. The summed E-state index contributed by atoms with van der Waals surface area (Å²) in [6.07, 6.45) is 1.55. The summed E-state index contributed by atoms with van der Waals surface area (Å²) in [6, 6.07) is 5.36. The summed E-state index contributed by atoms with van der Waals surface area (Å²) in [5.41, 5.74) is 1.29. The van der Waals surface area contributed by atoms with Crippen molar-refractivity contribution in [1.29, 1.82) is 0 Å². The van der Waals surface area contributed by atoms with Gasteiger partial charge in [-0.3, -0.25) is 4.79 Å². The van der Waals surface area contributed by atoms with E-state index in [0.29, 0.717) is 42.7 Å². The number of rotatable bonds is 10. The first-order valence-electron chi connectivity index (χ1n) is 9.43. The molecule has 0 aliphatic heterocycles. The van der Waals surface area contributed by atoms with E-state index in [2.05, 4.69) is 0 Å². The summed E-state index contributed by atoms with van der Waals surface area (Å²) in [7, 11) is 0. The highest BCUT2D eigenvalue weighted by atomic mass is 19.2. The Hall–Kier alpha value is -2.70. The Labute approximate surface area is 168 Å².